The van der Waals surface area contributed by atoms with Gasteiger partial charge in [0.1, 0.15) is 10.7 Å². The van der Waals surface area contributed by atoms with Gasteiger partial charge in [-0.05, 0) is 22.0 Å². The molecule has 2 heterocycles. The van der Waals surface area contributed by atoms with Gasteiger partial charge in [-0.15, -0.1) is 0 Å². The van der Waals surface area contributed by atoms with Gasteiger partial charge in [-0.1, -0.05) is 11.6 Å². The van der Waals surface area contributed by atoms with E-state index < -0.39 is 0 Å². The maximum atomic E-state index is 8.69. The SMILES string of the molecule is N#Cc1cc(Cl)c2ncc(Br)n2c1. The van der Waals surface area contributed by atoms with Crippen molar-refractivity contribution in [2.45, 2.75) is 0 Å². The van der Waals surface area contributed by atoms with Crippen LogP contribution in [0.3, 0.4) is 0 Å². The Balaban J connectivity index is 2.90. The lowest BCUT2D eigenvalue weighted by atomic mass is 10.3. The van der Waals surface area contributed by atoms with Gasteiger partial charge >= 0.3 is 0 Å². The van der Waals surface area contributed by atoms with E-state index in [1.807, 2.05) is 6.07 Å². The summed E-state index contributed by atoms with van der Waals surface area (Å²) >= 11 is 9.20. The minimum Gasteiger partial charge on any atom is -0.292 e. The van der Waals surface area contributed by atoms with Crippen LogP contribution in [0.2, 0.25) is 5.02 Å². The van der Waals surface area contributed by atoms with Crippen LogP contribution in [0.15, 0.2) is 23.1 Å². The second-order valence-corrected chi connectivity index (χ2v) is 3.68. The number of halogens is 2. The van der Waals surface area contributed by atoms with Crippen LogP contribution in [0.1, 0.15) is 5.56 Å². The number of hydrogen-bond donors (Lipinski definition) is 0. The van der Waals surface area contributed by atoms with E-state index in [1.54, 1.807) is 22.9 Å². The van der Waals surface area contributed by atoms with Gasteiger partial charge in [0.25, 0.3) is 0 Å². The molecule has 13 heavy (non-hydrogen) atoms. The lowest BCUT2D eigenvalue weighted by molar-refractivity contribution is 1.14. The van der Waals surface area contributed by atoms with Gasteiger partial charge in [-0.3, -0.25) is 4.40 Å². The number of nitriles is 1. The molecular weight excluding hydrogens is 253 g/mol. The summed E-state index contributed by atoms with van der Waals surface area (Å²) in [6.07, 6.45) is 3.32. The molecule has 0 amide bonds. The molecule has 2 aromatic heterocycles. The highest BCUT2D eigenvalue weighted by Crippen LogP contribution is 2.21. The lowest BCUT2D eigenvalue weighted by Gasteiger charge is -1.97. The Morgan fingerprint density at radius 2 is 2.38 bits per heavy atom. The van der Waals surface area contributed by atoms with Crippen molar-refractivity contribution < 1.29 is 0 Å². The quantitative estimate of drug-likeness (QED) is 0.727. The average Bonchev–Trinajstić information content (AvgIpc) is 2.48. The third-order valence-electron chi connectivity index (χ3n) is 1.64. The standard InChI is InChI=1S/C8H3BrClN3/c9-7-3-12-8-6(10)1-5(2-11)4-13(7)8/h1,3-4H. The smallest absolute Gasteiger partial charge is 0.156 e. The van der Waals surface area contributed by atoms with E-state index in [1.165, 1.54) is 0 Å². The molecule has 0 atom stereocenters. The first-order chi connectivity index (χ1) is 6.22. The van der Waals surface area contributed by atoms with Crippen molar-refractivity contribution in [3.63, 3.8) is 0 Å². The van der Waals surface area contributed by atoms with Crippen LogP contribution in [0, 0.1) is 11.3 Å². The zero-order valence-corrected chi connectivity index (χ0v) is 8.67. The maximum Gasteiger partial charge on any atom is 0.156 e. The van der Waals surface area contributed by atoms with Crippen LogP contribution in [0.4, 0.5) is 0 Å². The van der Waals surface area contributed by atoms with Gasteiger partial charge in [0.2, 0.25) is 0 Å². The highest BCUT2D eigenvalue weighted by molar-refractivity contribution is 9.10. The van der Waals surface area contributed by atoms with Crippen molar-refractivity contribution in [3.05, 3.63) is 33.6 Å². The Labute approximate surface area is 87.7 Å². The van der Waals surface area contributed by atoms with Crippen LogP contribution < -0.4 is 0 Å². The summed E-state index contributed by atoms with van der Waals surface area (Å²) in [5.74, 6) is 0. The topological polar surface area (TPSA) is 41.1 Å². The van der Waals surface area contributed by atoms with E-state index >= 15 is 0 Å². The van der Waals surface area contributed by atoms with E-state index in [-0.39, 0.29) is 0 Å². The number of aromatic nitrogens is 2. The number of pyridine rings is 1. The molecule has 0 N–H and O–H groups in total. The van der Waals surface area contributed by atoms with E-state index in [4.69, 9.17) is 16.9 Å². The van der Waals surface area contributed by atoms with Crippen LogP contribution >= 0.6 is 27.5 Å². The fourth-order valence-corrected chi connectivity index (χ4v) is 1.71. The highest BCUT2D eigenvalue weighted by atomic mass is 79.9. The van der Waals surface area contributed by atoms with E-state index in [2.05, 4.69) is 20.9 Å². The summed E-state index contributed by atoms with van der Waals surface area (Å²) in [6, 6.07) is 3.62. The maximum absolute atomic E-state index is 8.69. The molecule has 2 aromatic rings. The molecule has 0 unspecified atom stereocenters. The largest absolute Gasteiger partial charge is 0.292 e. The number of fused-ring (bicyclic) bond motifs is 1. The second-order valence-electron chi connectivity index (χ2n) is 2.46. The third kappa shape index (κ3) is 1.30. The Kier molecular flexibility index (Phi) is 1.98. The van der Waals surface area contributed by atoms with Crippen LogP contribution in [-0.2, 0) is 0 Å². The van der Waals surface area contributed by atoms with Crippen LogP contribution in [0.5, 0.6) is 0 Å². The van der Waals surface area contributed by atoms with E-state index in [0.717, 1.165) is 4.60 Å². The molecule has 0 aliphatic rings. The highest BCUT2D eigenvalue weighted by Gasteiger charge is 2.05. The van der Waals surface area contributed by atoms with Crippen molar-refractivity contribution in [3.8, 4) is 6.07 Å². The minimum atomic E-state index is 0.477. The molecule has 0 aliphatic carbocycles. The molecule has 5 heteroatoms. The van der Waals surface area contributed by atoms with Gasteiger partial charge in [0.05, 0.1) is 16.8 Å². The Morgan fingerprint density at radius 3 is 3.08 bits per heavy atom. The Hall–Kier alpha value is -1.05. The first kappa shape index (κ1) is 8.54. The summed E-state index contributed by atoms with van der Waals surface area (Å²) < 4.78 is 2.50. The summed E-state index contributed by atoms with van der Waals surface area (Å²) in [4.78, 5) is 4.07. The van der Waals surface area contributed by atoms with Crippen LogP contribution in [0.25, 0.3) is 5.65 Å². The summed E-state index contributed by atoms with van der Waals surface area (Å²) in [5.41, 5.74) is 1.16. The zero-order chi connectivity index (χ0) is 9.42. The fraction of sp³-hybridized carbons (Fsp3) is 0. The summed E-state index contributed by atoms with van der Waals surface area (Å²) in [6.45, 7) is 0. The zero-order valence-electron chi connectivity index (χ0n) is 6.33. The number of nitrogens with zero attached hydrogens (tertiary/aromatic N) is 3. The van der Waals surface area contributed by atoms with Crippen molar-refractivity contribution in [2.24, 2.45) is 0 Å². The molecule has 3 nitrogen and oxygen atoms in total. The predicted octanol–water partition coefficient (Wildman–Crippen LogP) is 2.62. The molecule has 0 saturated heterocycles. The van der Waals surface area contributed by atoms with E-state index in [9.17, 15) is 0 Å². The fourth-order valence-electron chi connectivity index (χ4n) is 1.08. The molecule has 0 fully saturated rings. The molecule has 64 valence electrons. The van der Waals surface area contributed by atoms with Crippen molar-refractivity contribution >= 4 is 33.2 Å². The Morgan fingerprint density at radius 1 is 1.62 bits per heavy atom. The predicted molar refractivity (Wildman–Crippen MR) is 52.6 cm³/mol. The second kappa shape index (κ2) is 3.02. The van der Waals surface area contributed by atoms with Crippen molar-refractivity contribution in [1.82, 2.24) is 9.38 Å². The monoisotopic (exact) mass is 255 g/mol. The summed E-state index contributed by atoms with van der Waals surface area (Å²) in [5, 5.41) is 9.17. The summed E-state index contributed by atoms with van der Waals surface area (Å²) in [7, 11) is 0. The third-order valence-corrected chi connectivity index (χ3v) is 2.51. The number of hydrogen-bond acceptors (Lipinski definition) is 2. The van der Waals surface area contributed by atoms with Crippen molar-refractivity contribution in [2.75, 3.05) is 0 Å². The van der Waals surface area contributed by atoms with Crippen LogP contribution in [-0.4, -0.2) is 9.38 Å². The molecule has 0 radical (unpaired) electrons. The van der Waals surface area contributed by atoms with Gasteiger partial charge in [0.15, 0.2) is 5.65 Å². The molecular formula is C8H3BrClN3. The van der Waals surface area contributed by atoms with Gasteiger partial charge in [-0.25, -0.2) is 4.98 Å². The Bertz CT molecular complexity index is 512. The van der Waals surface area contributed by atoms with Crippen molar-refractivity contribution in [1.29, 1.82) is 5.26 Å². The molecule has 0 aliphatic heterocycles. The minimum absolute atomic E-state index is 0.477. The number of imidazole rings is 1. The molecule has 0 bridgehead atoms. The molecule has 0 saturated carbocycles. The molecule has 2 rings (SSSR count). The molecule has 0 spiro atoms. The first-order valence-electron chi connectivity index (χ1n) is 3.44. The van der Waals surface area contributed by atoms with Gasteiger partial charge < -0.3 is 0 Å². The number of rotatable bonds is 0. The first-order valence-corrected chi connectivity index (χ1v) is 4.61. The normalized spacial score (nSPS) is 10.2. The van der Waals surface area contributed by atoms with E-state index in [0.29, 0.717) is 16.2 Å². The lowest BCUT2D eigenvalue weighted by Crippen LogP contribution is -1.88. The van der Waals surface area contributed by atoms with Gasteiger partial charge in [0, 0.05) is 6.20 Å². The molecule has 0 aromatic carbocycles. The van der Waals surface area contributed by atoms with Gasteiger partial charge in [-0.2, -0.15) is 5.26 Å². The average molecular weight is 256 g/mol.